The van der Waals surface area contributed by atoms with Gasteiger partial charge in [0.05, 0.1) is 4.90 Å². The highest BCUT2D eigenvalue weighted by Gasteiger charge is 2.26. The molecular formula is C21H24N4O3S2. The molecular weight excluding hydrogens is 420 g/mol. The normalized spacial score (nSPS) is 12.6. The Morgan fingerprint density at radius 2 is 1.70 bits per heavy atom. The standard InChI is InChI=1S/C21H24N4O3S2/c1-3-20-23-24-21(29-20)22-19(26)14-17(16-10-6-4-7-11-16)15-25(2)30(27,28)18-12-8-5-9-13-18/h4-13,17H,3,14-15H2,1-2H3,(H,22,24,26)/t17-/m1/s1. The third-order valence-corrected chi connectivity index (χ3v) is 7.47. The van der Waals surface area contributed by atoms with Crippen LogP contribution in [0.3, 0.4) is 0 Å². The smallest absolute Gasteiger partial charge is 0.242 e. The van der Waals surface area contributed by atoms with Crippen molar-refractivity contribution in [3.05, 3.63) is 71.2 Å². The van der Waals surface area contributed by atoms with Gasteiger partial charge in [-0.15, -0.1) is 10.2 Å². The highest BCUT2D eigenvalue weighted by Crippen LogP contribution is 2.25. The summed E-state index contributed by atoms with van der Waals surface area (Å²) in [5, 5.41) is 12.1. The van der Waals surface area contributed by atoms with Gasteiger partial charge in [0.1, 0.15) is 5.01 Å². The fourth-order valence-electron chi connectivity index (χ4n) is 3.03. The number of benzene rings is 2. The van der Waals surface area contributed by atoms with E-state index in [4.69, 9.17) is 0 Å². The summed E-state index contributed by atoms with van der Waals surface area (Å²) in [6.07, 6.45) is 0.877. The molecule has 30 heavy (non-hydrogen) atoms. The number of nitrogens with zero attached hydrogens (tertiary/aromatic N) is 3. The number of amides is 1. The quantitative estimate of drug-likeness (QED) is 0.545. The highest BCUT2D eigenvalue weighted by atomic mass is 32.2. The topological polar surface area (TPSA) is 92.3 Å². The van der Waals surface area contributed by atoms with E-state index in [1.54, 1.807) is 30.3 Å². The van der Waals surface area contributed by atoms with E-state index in [0.717, 1.165) is 17.0 Å². The van der Waals surface area contributed by atoms with Crippen LogP contribution in [0.1, 0.15) is 29.8 Å². The number of sulfonamides is 1. The molecule has 0 fully saturated rings. The molecule has 0 unspecified atom stereocenters. The van der Waals surface area contributed by atoms with Crippen LogP contribution in [0.5, 0.6) is 0 Å². The van der Waals surface area contributed by atoms with Crippen molar-refractivity contribution in [2.45, 2.75) is 30.6 Å². The predicted molar refractivity (Wildman–Crippen MR) is 118 cm³/mol. The van der Waals surface area contributed by atoms with E-state index in [1.165, 1.54) is 22.7 Å². The molecule has 3 rings (SSSR count). The van der Waals surface area contributed by atoms with Gasteiger partial charge in [0.25, 0.3) is 0 Å². The number of aryl methyl sites for hydroxylation is 1. The van der Waals surface area contributed by atoms with Crippen LogP contribution in [-0.4, -0.2) is 42.4 Å². The Kier molecular flexibility index (Phi) is 7.30. The predicted octanol–water partition coefficient (Wildman–Crippen LogP) is 3.53. The van der Waals surface area contributed by atoms with Gasteiger partial charge in [0, 0.05) is 25.9 Å². The Bertz CT molecular complexity index is 1070. The van der Waals surface area contributed by atoms with Gasteiger partial charge in [-0.3, -0.25) is 4.79 Å². The lowest BCUT2D eigenvalue weighted by atomic mass is 9.95. The van der Waals surface area contributed by atoms with Gasteiger partial charge in [-0.1, -0.05) is 66.8 Å². The van der Waals surface area contributed by atoms with Crippen LogP contribution in [0.4, 0.5) is 5.13 Å². The van der Waals surface area contributed by atoms with Crippen LogP contribution in [0.15, 0.2) is 65.6 Å². The number of rotatable bonds is 9. The summed E-state index contributed by atoms with van der Waals surface area (Å²) in [7, 11) is -2.12. The minimum Gasteiger partial charge on any atom is -0.301 e. The molecule has 0 aliphatic heterocycles. The highest BCUT2D eigenvalue weighted by molar-refractivity contribution is 7.89. The summed E-state index contributed by atoms with van der Waals surface area (Å²) in [5.41, 5.74) is 0.897. The summed E-state index contributed by atoms with van der Waals surface area (Å²) >= 11 is 1.34. The van der Waals surface area contributed by atoms with E-state index < -0.39 is 10.0 Å². The number of hydrogen-bond acceptors (Lipinski definition) is 6. The van der Waals surface area contributed by atoms with Crippen molar-refractivity contribution >= 4 is 32.4 Å². The first kappa shape index (κ1) is 22.1. The third-order valence-electron chi connectivity index (χ3n) is 4.65. The van der Waals surface area contributed by atoms with Gasteiger partial charge in [-0.2, -0.15) is 0 Å². The second-order valence-corrected chi connectivity index (χ2v) is 9.92. The average molecular weight is 445 g/mol. The van der Waals surface area contributed by atoms with Crippen molar-refractivity contribution in [3.8, 4) is 0 Å². The number of anilines is 1. The molecule has 1 amide bonds. The van der Waals surface area contributed by atoms with Crippen molar-refractivity contribution in [2.75, 3.05) is 18.9 Å². The van der Waals surface area contributed by atoms with Gasteiger partial charge in [-0.25, -0.2) is 12.7 Å². The fourth-order valence-corrected chi connectivity index (χ4v) is 4.97. The first-order chi connectivity index (χ1) is 14.4. The largest absolute Gasteiger partial charge is 0.301 e. The maximum atomic E-state index is 12.9. The van der Waals surface area contributed by atoms with Gasteiger partial charge in [0.2, 0.25) is 21.1 Å². The molecule has 0 saturated heterocycles. The first-order valence-corrected chi connectivity index (χ1v) is 11.8. The SMILES string of the molecule is CCc1nnc(NC(=O)C[C@H](CN(C)S(=O)(=O)c2ccccc2)c2ccccc2)s1. The van der Waals surface area contributed by atoms with E-state index in [2.05, 4.69) is 15.5 Å². The zero-order valence-corrected chi connectivity index (χ0v) is 18.5. The van der Waals surface area contributed by atoms with Crippen LogP contribution in [0.25, 0.3) is 0 Å². The van der Waals surface area contributed by atoms with Crippen molar-refractivity contribution in [1.29, 1.82) is 0 Å². The van der Waals surface area contributed by atoms with Gasteiger partial charge < -0.3 is 5.32 Å². The minimum absolute atomic E-state index is 0.125. The Balaban J connectivity index is 1.76. The minimum atomic E-state index is -3.66. The van der Waals surface area contributed by atoms with E-state index >= 15 is 0 Å². The number of nitrogens with one attached hydrogen (secondary N) is 1. The van der Waals surface area contributed by atoms with Crippen molar-refractivity contribution in [3.63, 3.8) is 0 Å². The lowest BCUT2D eigenvalue weighted by Gasteiger charge is -2.24. The molecule has 1 aromatic heterocycles. The Hall–Kier alpha value is -2.62. The van der Waals surface area contributed by atoms with Crippen LogP contribution < -0.4 is 5.32 Å². The third kappa shape index (κ3) is 5.50. The van der Waals surface area contributed by atoms with Crippen LogP contribution in [0, 0.1) is 0 Å². The molecule has 158 valence electrons. The first-order valence-electron chi connectivity index (χ1n) is 9.58. The molecule has 9 heteroatoms. The summed E-state index contributed by atoms with van der Waals surface area (Å²) in [6.45, 7) is 2.14. The van der Waals surface area contributed by atoms with Crippen LogP contribution in [-0.2, 0) is 21.2 Å². The lowest BCUT2D eigenvalue weighted by molar-refractivity contribution is -0.116. The average Bonchev–Trinajstić information content (AvgIpc) is 3.21. The number of hydrogen-bond donors (Lipinski definition) is 1. The van der Waals surface area contributed by atoms with Gasteiger partial charge in [0.15, 0.2) is 0 Å². The molecule has 1 atom stereocenters. The molecule has 3 aromatic rings. The van der Waals surface area contributed by atoms with E-state index in [-0.39, 0.29) is 29.7 Å². The van der Waals surface area contributed by atoms with Crippen molar-refractivity contribution in [1.82, 2.24) is 14.5 Å². The van der Waals surface area contributed by atoms with Crippen LogP contribution in [0.2, 0.25) is 0 Å². The molecule has 0 spiro atoms. The van der Waals surface area contributed by atoms with Gasteiger partial charge >= 0.3 is 0 Å². The molecule has 1 N–H and O–H groups in total. The lowest BCUT2D eigenvalue weighted by Crippen LogP contribution is -2.32. The number of likely N-dealkylation sites (N-methyl/N-ethyl adjacent to an activating group) is 1. The molecule has 0 saturated carbocycles. The number of carbonyl (C=O) groups excluding carboxylic acids is 1. The van der Waals surface area contributed by atoms with Crippen molar-refractivity contribution in [2.24, 2.45) is 0 Å². The molecule has 2 aromatic carbocycles. The summed E-state index contributed by atoms with van der Waals surface area (Å²) in [5.74, 6) is -0.540. The Morgan fingerprint density at radius 1 is 1.07 bits per heavy atom. The fraction of sp³-hybridized carbons (Fsp3) is 0.286. The van der Waals surface area contributed by atoms with Crippen molar-refractivity contribution < 1.29 is 13.2 Å². The van der Waals surface area contributed by atoms with Gasteiger partial charge in [-0.05, 0) is 24.1 Å². The maximum Gasteiger partial charge on any atom is 0.242 e. The summed E-state index contributed by atoms with van der Waals surface area (Å²) in [6, 6.07) is 17.7. The zero-order valence-electron chi connectivity index (χ0n) is 16.9. The Morgan fingerprint density at radius 3 is 2.30 bits per heavy atom. The molecule has 1 heterocycles. The number of carbonyl (C=O) groups is 1. The second-order valence-electron chi connectivity index (χ2n) is 6.81. The van der Waals surface area contributed by atoms with E-state index in [0.29, 0.717) is 5.13 Å². The second kappa shape index (κ2) is 9.92. The number of aromatic nitrogens is 2. The van der Waals surface area contributed by atoms with E-state index in [9.17, 15) is 13.2 Å². The molecule has 0 aliphatic rings. The molecule has 7 nitrogen and oxygen atoms in total. The molecule has 0 aliphatic carbocycles. The Labute approximate surface area is 180 Å². The monoisotopic (exact) mass is 444 g/mol. The molecule has 0 radical (unpaired) electrons. The summed E-state index contributed by atoms with van der Waals surface area (Å²) in [4.78, 5) is 12.9. The molecule has 0 bridgehead atoms. The van der Waals surface area contributed by atoms with E-state index in [1.807, 2.05) is 37.3 Å². The summed E-state index contributed by atoms with van der Waals surface area (Å²) < 4.78 is 27.1. The maximum absolute atomic E-state index is 12.9. The zero-order chi connectivity index (χ0) is 21.6. The van der Waals surface area contributed by atoms with Crippen LogP contribution >= 0.6 is 11.3 Å².